The Hall–Kier alpha value is -0.950. The third-order valence-electron chi connectivity index (χ3n) is 4.08. The maximum Gasteiger partial charge on any atom is 0.326 e. The van der Waals surface area contributed by atoms with Crippen LogP contribution in [0.15, 0.2) is 0 Å². The minimum Gasteiger partial charge on any atom is -0.480 e. The van der Waals surface area contributed by atoms with Crippen LogP contribution in [0.1, 0.15) is 19.3 Å². The van der Waals surface area contributed by atoms with Crippen LogP contribution in [0.5, 0.6) is 0 Å². The molecule has 2 rings (SSSR count). The molecule has 2 saturated heterocycles. The maximum absolute atomic E-state index is 12.2. The molecule has 0 aromatic rings. The molecule has 0 spiro atoms. The highest BCUT2D eigenvalue weighted by atomic mass is 32.2. The smallest absolute Gasteiger partial charge is 0.326 e. The lowest BCUT2D eigenvalue weighted by Gasteiger charge is -2.37. The topological polar surface area (TPSA) is 72.9 Å². The number of urea groups is 1. The predicted molar refractivity (Wildman–Crippen MR) is 79.1 cm³/mol. The van der Waals surface area contributed by atoms with Gasteiger partial charge in [-0.1, -0.05) is 0 Å². The van der Waals surface area contributed by atoms with E-state index in [1.807, 2.05) is 6.26 Å². The first-order chi connectivity index (χ1) is 9.61. The number of piperazine rings is 1. The van der Waals surface area contributed by atoms with Gasteiger partial charge in [-0.3, -0.25) is 4.90 Å². The number of amides is 2. The number of fused-ring (bicyclic) bond motifs is 1. The lowest BCUT2D eigenvalue weighted by molar-refractivity contribution is -0.139. The molecule has 1 unspecified atom stereocenters. The summed E-state index contributed by atoms with van der Waals surface area (Å²) in [6, 6.07) is -0.550. The predicted octanol–water partition coefficient (Wildman–Crippen LogP) is 0.682. The summed E-state index contributed by atoms with van der Waals surface area (Å²) >= 11 is 1.59. The van der Waals surface area contributed by atoms with E-state index in [1.54, 1.807) is 16.7 Å². The summed E-state index contributed by atoms with van der Waals surface area (Å²) in [5.74, 6) is -0.222. The fraction of sp³-hybridized carbons (Fsp3) is 0.846. The van der Waals surface area contributed by atoms with E-state index >= 15 is 0 Å². The van der Waals surface area contributed by atoms with E-state index in [9.17, 15) is 9.59 Å². The van der Waals surface area contributed by atoms with Crippen LogP contribution < -0.4 is 5.32 Å². The number of carbonyl (C=O) groups excluding carboxylic acids is 1. The van der Waals surface area contributed by atoms with Gasteiger partial charge in [0.1, 0.15) is 6.04 Å². The van der Waals surface area contributed by atoms with Crippen molar-refractivity contribution < 1.29 is 14.7 Å². The molecule has 0 radical (unpaired) electrons. The first-order valence-electron chi connectivity index (χ1n) is 7.13. The average Bonchev–Trinajstić information content (AvgIpc) is 2.90. The summed E-state index contributed by atoms with van der Waals surface area (Å²) in [6.07, 6.45) is 4.73. The number of rotatable bonds is 5. The molecule has 2 aliphatic rings. The highest BCUT2D eigenvalue weighted by Gasteiger charge is 2.33. The van der Waals surface area contributed by atoms with E-state index in [4.69, 9.17) is 5.11 Å². The van der Waals surface area contributed by atoms with Crippen molar-refractivity contribution in [2.24, 2.45) is 0 Å². The quantitative estimate of drug-likeness (QED) is 0.781. The minimum absolute atomic E-state index is 0.231. The Bertz CT molecular complexity index is 367. The van der Waals surface area contributed by atoms with Gasteiger partial charge >= 0.3 is 12.0 Å². The molecule has 2 N–H and O–H groups in total. The zero-order chi connectivity index (χ0) is 14.5. The molecule has 2 aliphatic heterocycles. The summed E-state index contributed by atoms with van der Waals surface area (Å²) < 4.78 is 0. The lowest BCUT2D eigenvalue weighted by Crippen LogP contribution is -2.56. The monoisotopic (exact) mass is 301 g/mol. The van der Waals surface area contributed by atoms with Crippen LogP contribution in [-0.4, -0.2) is 77.2 Å². The van der Waals surface area contributed by atoms with Gasteiger partial charge in [0, 0.05) is 25.7 Å². The largest absolute Gasteiger partial charge is 0.480 e. The number of hydrogen-bond acceptors (Lipinski definition) is 4. The van der Waals surface area contributed by atoms with Gasteiger partial charge in [0.25, 0.3) is 0 Å². The lowest BCUT2D eigenvalue weighted by atomic mass is 10.1. The first kappa shape index (κ1) is 15.4. The fourth-order valence-electron chi connectivity index (χ4n) is 2.91. The number of carboxylic acid groups (broad SMARTS) is 1. The number of nitrogens with zero attached hydrogens (tertiary/aromatic N) is 2. The van der Waals surface area contributed by atoms with E-state index in [2.05, 4.69) is 10.2 Å². The van der Waals surface area contributed by atoms with Crippen LogP contribution in [0.4, 0.5) is 4.79 Å². The van der Waals surface area contributed by atoms with Crippen molar-refractivity contribution in [3.8, 4) is 0 Å². The van der Waals surface area contributed by atoms with Crippen LogP contribution >= 0.6 is 11.8 Å². The molecule has 2 amide bonds. The van der Waals surface area contributed by atoms with Gasteiger partial charge in [0.2, 0.25) is 0 Å². The second-order valence-electron chi connectivity index (χ2n) is 5.40. The van der Waals surface area contributed by atoms with Crippen molar-refractivity contribution in [1.29, 1.82) is 0 Å². The molecular weight excluding hydrogens is 278 g/mol. The van der Waals surface area contributed by atoms with Gasteiger partial charge in [0.15, 0.2) is 0 Å². The normalized spacial score (nSPS) is 24.2. The van der Waals surface area contributed by atoms with E-state index in [0.29, 0.717) is 19.0 Å². The molecule has 114 valence electrons. The molecule has 6 nitrogen and oxygen atoms in total. The molecule has 2 heterocycles. The first-order valence-corrected chi connectivity index (χ1v) is 8.52. The SMILES string of the molecule is CSCC[C@H](NC(=O)N1CCN2CCCC2C1)C(=O)O. The molecule has 20 heavy (non-hydrogen) atoms. The Morgan fingerprint density at radius 2 is 2.20 bits per heavy atom. The second kappa shape index (κ2) is 7.17. The molecular formula is C13H23N3O3S. The van der Waals surface area contributed by atoms with E-state index in [1.165, 1.54) is 6.42 Å². The van der Waals surface area contributed by atoms with Crippen molar-refractivity contribution in [1.82, 2.24) is 15.1 Å². The Balaban J connectivity index is 1.85. The van der Waals surface area contributed by atoms with Crippen LogP contribution in [0.3, 0.4) is 0 Å². The summed E-state index contributed by atoms with van der Waals surface area (Å²) in [6.45, 7) is 3.45. The molecule has 7 heteroatoms. The summed E-state index contributed by atoms with van der Waals surface area (Å²) in [7, 11) is 0. The molecule has 0 aromatic carbocycles. The van der Waals surface area contributed by atoms with Crippen LogP contribution in [0, 0.1) is 0 Å². The summed E-state index contributed by atoms with van der Waals surface area (Å²) in [5, 5.41) is 11.8. The number of hydrogen-bond donors (Lipinski definition) is 2. The van der Waals surface area contributed by atoms with Crippen LogP contribution in [-0.2, 0) is 4.79 Å². The zero-order valence-corrected chi connectivity index (χ0v) is 12.7. The van der Waals surface area contributed by atoms with Crippen LogP contribution in [0.2, 0.25) is 0 Å². The third-order valence-corrected chi connectivity index (χ3v) is 4.72. The number of aliphatic carboxylic acids is 1. The Morgan fingerprint density at radius 1 is 1.40 bits per heavy atom. The maximum atomic E-state index is 12.2. The van der Waals surface area contributed by atoms with Crippen molar-refractivity contribution in [3.05, 3.63) is 0 Å². The molecule has 0 aromatic heterocycles. The van der Waals surface area contributed by atoms with Gasteiger partial charge in [-0.15, -0.1) is 0 Å². The molecule has 2 fully saturated rings. The van der Waals surface area contributed by atoms with Gasteiger partial charge in [0.05, 0.1) is 0 Å². The molecule has 0 saturated carbocycles. The average molecular weight is 301 g/mol. The Kier molecular flexibility index (Phi) is 5.54. The van der Waals surface area contributed by atoms with Crippen molar-refractivity contribution in [3.63, 3.8) is 0 Å². The summed E-state index contributed by atoms with van der Waals surface area (Å²) in [5.41, 5.74) is 0. The van der Waals surface area contributed by atoms with Crippen molar-refractivity contribution in [2.75, 3.05) is 38.2 Å². The zero-order valence-electron chi connectivity index (χ0n) is 11.9. The van der Waals surface area contributed by atoms with Gasteiger partial charge in [-0.05, 0) is 37.8 Å². The van der Waals surface area contributed by atoms with E-state index < -0.39 is 12.0 Å². The Labute approximate surface area is 123 Å². The third kappa shape index (κ3) is 3.79. The van der Waals surface area contributed by atoms with Gasteiger partial charge < -0.3 is 15.3 Å². The van der Waals surface area contributed by atoms with Crippen molar-refractivity contribution in [2.45, 2.75) is 31.3 Å². The van der Waals surface area contributed by atoms with Crippen LogP contribution in [0.25, 0.3) is 0 Å². The van der Waals surface area contributed by atoms with E-state index in [0.717, 1.165) is 31.8 Å². The van der Waals surface area contributed by atoms with Gasteiger partial charge in [-0.25, -0.2) is 9.59 Å². The summed E-state index contributed by atoms with van der Waals surface area (Å²) in [4.78, 5) is 27.5. The Morgan fingerprint density at radius 3 is 2.90 bits per heavy atom. The number of nitrogens with one attached hydrogen (secondary N) is 1. The van der Waals surface area contributed by atoms with Gasteiger partial charge in [-0.2, -0.15) is 11.8 Å². The number of carboxylic acids is 1. The molecule has 2 atom stereocenters. The second-order valence-corrected chi connectivity index (χ2v) is 6.39. The molecule has 0 bridgehead atoms. The fourth-order valence-corrected chi connectivity index (χ4v) is 3.38. The number of carbonyl (C=O) groups is 2. The standard InChI is InChI=1S/C13H23N3O3S/c1-20-8-4-11(12(17)18)14-13(19)16-7-6-15-5-2-3-10(15)9-16/h10-11H,2-9H2,1H3,(H,14,19)(H,17,18)/t10?,11-/m0/s1. The highest BCUT2D eigenvalue weighted by Crippen LogP contribution is 2.21. The minimum atomic E-state index is -0.952. The van der Waals surface area contributed by atoms with Crippen molar-refractivity contribution >= 4 is 23.8 Å². The number of thioether (sulfide) groups is 1. The van der Waals surface area contributed by atoms with E-state index in [-0.39, 0.29) is 6.03 Å². The highest BCUT2D eigenvalue weighted by molar-refractivity contribution is 7.98. The molecule has 0 aliphatic carbocycles.